The molecule has 3 nitrogen and oxygen atoms in total. The molecule has 3 aromatic carbocycles. The molecular weight excluding hydrogens is 310 g/mol. The first-order chi connectivity index (χ1) is 12.1. The standard InChI is InChI=1S/C22H19NO2/c1-16(24)23-21-15-18(14-17-8-4-2-5-9-17)12-13-20(21)22(25)19-10-6-3-7-11-19/h2-13,15H,14H2,1H3,(H,23,24). The van der Waals surface area contributed by atoms with E-state index in [1.54, 1.807) is 18.2 Å². The average Bonchev–Trinajstić information content (AvgIpc) is 2.62. The summed E-state index contributed by atoms with van der Waals surface area (Å²) in [6.07, 6.45) is 0.743. The molecule has 0 atom stereocenters. The molecule has 0 fully saturated rings. The molecule has 0 aromatic heterocycles. The minimum atomic E-state index is -0.195. The van der Waals surface area contributed by atoms with Crippen LogP contribution in [0, 0.1) is 0 Å². The largest absolute Gasteiger partial charge is 0.326 e. The number of hydrogen-bond donors (Lipinski definition) is 1. The molecule has 1 amide bonds. The predicted octanol–water partition coefficient (Wildman–Crippen LogP) is 4.47. The van der Waals surface area contributed by atoms with Crippen LogP contribution in [0.3, 0.4) is 0 Å². The van der Waals surface area contributed by atoms with Crippen molar-refractivity contribution in [1.29, 1.82) is 0 Å². The van der Waals surface area contributed by atoms with Gasteiger partial charge in [-0.3, -0.25) is 9.59 Å². The van der Waals surface area contributed by atoms with Gasteiger partial charge < -0.3 is 5.32 Å². The van der Waals surface area contributed by atoms with E-state index in [-0.39, 0.29) is 11.7 Å². The number of anilines is 1. The molecule has 124 valence electrons. The van der Waals surface area contributed by atoms with E-state index in [4.69, 9.17) is 0 Å². The zero-order valence-corrected chi connectivity index (χ0v) is 14.0. The van der Waals surface area contributed by atoms with Gasteiger partial charge in [-0.15, -0.1) is 0 Å². The quantitative estimate of drug-likeness (QED) is 0.702. The number of carbonyl (C=O) groups excluding carboxylic acids is 2. The molecule has 0 spiro atoms. The van der Waals surface area contributed by atoms with Gasteiger partial charge >= 0.3 is 0 Å². The van der Waals surface area contributed by atoms with Crippen LogP contribution < -0.4 is 5.32 Å². The molecule has 0 saturated heterocycles. The summed E-state index contributed by atoms with van der Waals surface area (Å²) in [6.45, 7) is 1.45. The number of nitrogens with one attached hydrogen (secondary N) is 1. The number of rotatable bonds is 5. The third-order valence-corrected chi connectivity index (χ3v) is 3.93. The van der Waals surface area contributed by atoms with E-state index in [0.29, 0.717) is 16.8 Å². The lowest BCUT2D eigenvalue weighted by molar-refractivity contribution is -0.114. The lowest BCUT2D eigenvalue weighted by Crippen LogP contribution is -2.12. The van der Waals surface area contributed by atoms with E-state index < -0.39 is 0 Å². The van der Waals surface area contributed by atoms with Crippen molar-refractivity contribution in [3.05, 3.63) is 101 Å². The van der Waals surface area contributed by atoms with Crippen molar-refractivity contribution in [3.63, 3.8) is 0 Å². The second kappa shape index (κ2) is 7.58. The normalized spacial score (nSPS) is 10.3. The first kappa shape index (κ1) is 16.7. The Hall–Kier alpha value is -3.20. The molecule has 0 aliphatic rings. The van der Waals surface area contributed by atoms with Gasteiger partial charge in [-0.25, -0.2) is 0 Å². The highest BCUT2D eigenvalue weighted by Gasteiger charge is 2.15. The molecule has 3 rings (SSSR count). The third-order valence-electron chi connectivity index (χ3n) is 3.93. The van der Waals surface area contributed by atoms with Gasteiger partial charge in [0.2, 0.25) is 5.91 Å². The van der Waals surface area contributed by atoms with Crippen molar-refractivity contribution in [2.75, 3.05) is 5.32 Å². The molecule has 0 aliphatic heterocycles. The second-order valence-corrected chi connectivity index (χ2v) is 5.92. The summed E-state index contributed by atoms with van der Waals surface area (Å²) in [5.74, 6) is -0.297. The van der Waals surface area contributed by atoms with Crippen LogP contribution in [0.4, 0.5) is 5.69 Å². The van der Waals surface area contributed by atoms with Crippen molar-refractivity contribution in [2.45, 2.75) is 13.3 Å². The minimum Gasteiger partial charge on any atom is -0.326 e. The molecular formula is C22H19NO2. The molecule has 0 aliphatic carbocycles. The molecule has 3 heteroatoms. The van der Waals surface area contributed by atoms with Crippen molar-refractivity contribution >= 4 is 17.4 Å². The number of hydrogen-bond acceptors (Lipinski definition) is 2. The Labute approximate surface area is 147 Å². The third kappa shape index (κ3) is 4.21. The van der Waals surface area contributed by atoms with Crippen LogP contribution in [0.5, 0.6) is 0 Å². The van der Waals surface area contributed by atoms with Crippen LogP contribution in [0.2, 0.25) is 0 Å². The molecule has 0 unspecified atom stereocenters. The summed E-state index contributed by atoms with van der Waals surface area (Å²) < 4.78 is 0. The zero-order valence-electron chi connectivity index (χ0n) is 14.0. The molecule has 1 N–H and O–H groups in total. The fraction of sp³-hybridized carbons (Fsp3) is 0.0909. The number of benzene rings is 3. The van der Waals surface area contributed by atoms with Crippen molar-refractivity contribution in [3.8, 4) is 0 Å². The van der Waals surface area contributed by atoms with E-state index in [2.05, 4.69) is 17.4 Å². The van der Waals surface area contributed by atoms with Gasteiger partial charge in [-0.2, -0.15) is 0 Å². The minimum absolute atomic E-state index is 0.101. The van der Waals surface area contributed by atoms with E-state index in [0.717, 1.165) is 12.0 Å². The topological polar surface area (TPSA) is 46.2 Å². The average molecular weight is 329 g/mol. The molecule has 3 aromatic rings. The van der Waals surface area contributed by atoms with Gasteiger partial charge in [0.1, 0.15) is 0 Å². The summed E-state index contributed by atoms with van der Waals surface area (Å²) >= 11 is 0. The van der Waals surface area contributed by atoms with Crippen LogP contribution in [0.15, 0.2) is 78.9 Å². The first-order valence-electron chi connectivity index (χ1n) is 8.17. The van der Waals surface area contributed by atoms with Gasteiger partial charge in [0.25, 0.3) is 0 Å². The molecule has 0 radical (unpaired) electrons. The Balaban J connectivity index is 1.95. The SMILES string of the molecule is CC(=O)Nc1cc(Cc2ccccc2)ccc1C(=O)c1ccccc1. The van der Waals surface area contributed by atoms with Crippen molar-refractivity contribution in [2.24, 2.45) is 0 Å². The zero-order chi connectivity index (χ0) is 17.6. The van der Waals surface area contributed by atoms with E-state index in [9.17, 15) is 9.59 Å². The highest BCUT2D eigenvalue weighted by Crippen LogP contribution is 2.23. The Kier molecular flexibility index (Phi) is 5.05. The molecule has 0 bridgehead atoms. The predicted molar refractivity (Wildman–Crippen MR) is 99.9 cm³/mol. The summed E-state index contributed by atoms with van der Waals surface area (Å²) in [5.41, 5.74) is 3.87. The Bertz CT molecular complexity index is 886. The van der Waals surface area contributed by atoms with Gasteiger partial charge in [0, 0.05) is 18.1 Å². The number of ketones is 1. The van der Waals surface area contributed by atoms with Crippen LogP contribution in [0.25, 0.3) is 0 Å². The lowest BCUT2D eigenvalue weighted by atomic mass is 9.97. The van der Waals surface area contributed by atoms with Crippen LogP contribution in [0.1, 0.15) is 34.0 Å². The maximum Gasteiger partial charge on any atom is 0.221 e. The van der Waals surface area contributed by atoms with Gasteiger partial charge in [-0.1, -0.05) is 66.7 Å². The van der Waals surface area contributed by atoms with Crippen molar-refractivity contribution < 1.29 is 9.59 Å². The van der Waals surface area contributed by atoms with Gasteiger partial charge in [-0.05, 0) is 29.7 Å². The van der Waals surface area contributed by atoms with Crippen LogP contribution in [-0.2, 0) is 11.2 Å². The fourth-order valence-electron chi connectivity index (χ4n) is 2.77. The van der Waals surface area contributed by atoms with Gasteiger partial charge in [0.05, 0.1) is 5.69 Å². The summed E-state index contributed by atoms with van der Waals surface area (Å²) in [4.78, 5) is 24.3. The number of carbonyl (C=O) groups is 2. The second-order valence-electron chi connectivity index (χ2n) is 5.92. The summed E-state index contributed by atoms with van der Waals surface area (Å²) in [5, 5.41) is 2.79. The Morgan fingerprint density at radius 3 is 2.08 bits per heavy atom. The maximum absolute atomic E-state index is 12.8. The first-order valence-corrected chi connectivity index (χ1v) is 8.17. The van der Waals surface area contributed by atoms with E-state index >= 15 is 0 Å². The van der Waals surface area contributed by atoms with Gasteiger partial charge in [0.15, 0.2) is 5.78 Å². The van der Waals surface area contributed by atoms with Crippen molar-refractivity contribution in [1.82, 2.24) is 0 Å². The lowest BCUT2D eigenvalue weighted by Gasteiger charge is -2.12. The number of amides is 1. The Morgan fingerprint density at radius 2 is 1.44 bits per heavy atom. The molecule has 0 saturated carbocycles. The highest BCUT2D eigenvalue weighted by molar-refractivity contribution is 6.13. The molecule has 25 heavy (non-hydrogen) atoms. The smallest absolute Gasteiger partial charge is 0.221 e. The Morgan fingerprint density at radius 1 is 0.800 bits per heavy atom. The highest BCUT2D eigenvalue weighted by atomic mass is 16.1. The molecule has 0 heterocycles. The fourth-order valence-corrected chi connectivity index (χ4v) is 2.77. The van der Waals surface area contributed by atoms with Crippen LogP contribution in [-0.4, -0.2) is 11.7 Å². The maximum atomic E-state index is 12.8. The summed E-state index contributed by atoms with van der Waals surface area (Å²) in [7, 11) is 0. The summed E-state index contributed by atoms with van der Waals surface area (Å²) in [6, 6.07) is 24.8. The monoisotopic (exact) mass is 329 g/mol. The van der Waals surface area contributed by atoms with E-state index in [1.807, 2.05) is 48.5 Å². The van der Waals surface area contributed by atoms with Crippen LogP contribution >= 0.6 is 0 Å². The van der Waals surface area contributed by atoms with E-state index in [1.165, 1.54) is 12.5 Å².